The molecule has 5 rings (SSSR count). The summed E-state index contributed by atoms with van der Waals surface area (Å²) in [5.74, 6) is 1.49. The Morgan fingerprint density at radius 3 is 2.62 bits per heavy atom. The van der Waals surface area contributed by atoms with E-state index in [1.165, 1.54) is 16.5 Å². The Morgan fingerprint density at radius 2 is 1.75 bits per heavy atom. The summed E-state index contributed by atoms with van der Waals surface area (Å²) in [4.78, 5) is 9.51. The average molecular weight is 312 g/mol. The predicted octanol–water partition coefficient (Wildman–Crippen LogP) is 5.48. The van der Waals surface area contributed by atoms with Gasteiger partial charge in [0.15, 0.2) is 0 Å². The van der Waals surface area contributed by atoms with Crippen LogP contribution in [0.25, 0.3) is 32.9 Å². The summed E-state index contributed by atoms with van der Waals surface area (Å²) in [5, 5.41) is 3.44. The van der Waals surface area contributed by atoms with Gasteiger partial charge in [0.25, 0.3) is 0 Å². The SMILES string of the molecule is Cc1cccc2cc3c(nc12)Oc1ccc(C)c2c(C)cnc-3c12. The van der Waals surface area contributed by atoms with Crippen LogP contribution in [0.3, 0.4) is 0 Å². The smallest absolute Gasteiger partial charge is 0.229 e. The lowest BCUT2D eigenvalue weighted by Gasteiger charge is -2.22. The molecule has 2 aromatic carbocycles. The van der Waals surface area contributed by atoms with Gasteiger partial charge in [-0.25, -0.2) is 4.98 Å². The van der Waals surface area contributed by atoms with Gasteiger partial charge in [0.1, 0.15) is 5.75 Å². The molecule has 3 nitrogen and oxygen atoms in total. The number of rotatable bonds is 0. The summed E-state index contributed by atoms with van der Waals surface area (Å²) in [6.45, 7) is 6.30. The molecule has 0 saturated carbocycles. The van der Waals surface area contributed by atoms with Crippen LogP contribution in [0, 0.1) is 20.8 Å². The molecule has 24 heavy (non-hydrogen) atoms. The van der Waals surface area contributed by atoms with Crippen molar-refractivity contribution in [2.75, 3.05) is 0 Å². The molecule has 116 valence electrons. The van der Waals surface area contributed by atoms with E-state index in [0.29, 0.717) is 5.88 Å². The first-order valence-corrected chi connectivity index (χ1v) is 8.11. The molecular weight excluding hydrogens is 296 g/mol. The van der Waals surface area contributed by atoms with E-state index >= 15 is 0 Å². The number of aryl methyl sites for hydroxylation is 3. The maximum atomic E-state index is 6.17. The van der Waals surface area contributed by atoms with Gasteiger partial charge in [-0.2, -0.15) is 0 Å². The van der Waals surface area contributed by atoms with Crippen LogP contribution in [0.2, 0.25) is 0 Å². The van der Waals surface area contributed by atoms with Gasteiger partial charge < -0.3 is 4.74 Å². The zero-order chi connectivity index (χ0) is 16.4. The van der Waals surface area contributed by atoms with Crippen LogP contribution in [0.15, 0.2) is 42.6 Å². The second kappa shape index (κ2) is 4.54. The largest absolute Gasteiger partial charge is 0.438 e. The van der Waals surface area contributed by atoms with Crippen LogP contribution in [-0.2, 0) is 0 Å². The van der Waals surface area contributed by atoms with Crippen molar-refractivity contribution in [2.45, 2.75) is 20.8 Å². The van der Waals surface area contributed by atoms with E-state index in [0.717, 1.165) is 38.9 Å². The molecule has 1 aliphatic rings. The maximum absolute atomic E-state index is 6.17. The summed E-state index contributed by atoms with van der Waals surface area (Å²) in [5.41, 5.74) is 6.48. The summed E-state index contributed by atoms with van der Waals surface area (Å²) in [6.07, 6.45) is 1.95. The van der Waals surface area contributed by atoms with Crippen LogP contribution in [0.1, 0.15) is 16.7 Å². The van der Waals surface area contributed by atoms with E-state index < -0.39 is 0 Å². The molecule has 3 heteroatoms. The minimum absolute atomic E-state index is 0.644. The van der Waals surface area contributed by atoms with Crippen LogP contribution in [0.4, 0.5) is 0 Å². The van der Waals surface area contributed by atoms with E-state index in [1.807, 2.05) is 12.3 Å². The van der Waals surface area contributed by atoms with Gasteiger partial charge >= 0.3 is 0 Å². The lowest BCUT2D eigenvalue weighted by Crippen LogP contribution is -2.03. The molecule has 2 aromatic heterocycles. The Hall–Kier alpha value is -2.94. The van der Waals surface area contributed by atoms with Crippen molar-refractivity contribution >= 4 is 21.7 Å². The minimum Gasteiger partial charge on any atom is -0.438 e. The average Bonchev–Trinajstić information content (AvgIpc) is 2.58. The zero-order valence-corrected chi connectivity index (χ0v) is 13.8. The van der Waals surface area contributed by atoms with E-state index in [-0.39, 0.29) is 0 Å². The molecule has 1 aliphatic heterocycles. The van der Waals surface area contributed by atoms with Crippen molar-refractivity contribution in [1.82, 2.24) is 9.97 Å². The summed E-state index contributed by atoms with van der Waals surface area (Å²) in [6, 6.07) is 12.5. The summed E-state index contributed by atoms with van der Waals surface area (Å²) in [7, 11) is 0. The van der Waals surface area contributed by atoms with Crippen molar-refractivity contribution in [2.24, 2.45) is 0 Å². The number of aromatic nitrogens is 2. The highest BCUT2D eigenvalue weighted by Crippen LogP contribution is 2.46. The third-order valence-electron chi connectivity index (χ3n) is 4.87. The third-order valence-corrected chi connectivity index (χ3v) is 4.87. The highest BCUT2D eigenvalue weighted by Gasteiger charge is 2.24. The fraction of sp³-hybridized carbons (Fsp3) is 0.143. The fourth-order valence-electron chi connectivity index (χ4n) is 3.69. The van der Waals surface area contributed by atoms with E-state index in [4.69, 9.17) is 14.7 Å². The highest BCUT2D eigenvalue weighted by atomic mass is 16.5. The highest BCUT2D eigenvalue weighted by molar-refractivity contribution is 6.06. The van der Waals surface area contributed by atoms with Gasteiger partial charge in [0.05, 0.1) is 22.2 Å². The van der Waals surface area contributed by atoms with Crippen molar-refractivity contribution in [3.8, 4) is 22.9 Å². The molecule has 3 heterocycles. The molecule has 0 N–H and O–H groups in total. The minimum atomic E-state index is 0.644. The summed E-state index contributed by atoms with van der Waals surface area (Å²) < 4.78 is 6.17. The Bertz CT molecular complexity index is 1150. The maximum Gasteiger partial charge on any atom is 0.229 e. The van der Waals surface area contributed by atoms with Crippen molar-refractivity contribution in [3.63, 3.8) is 0 Å². The second-order valence-electron chi connectivity index (χ2n) is 6.51. The second-order valence-corrected chi connectivity index (χ2v) is 6.51. The van der Waals surface area contributed by atoms with Crippen LogP contribution < -0.4 is 4.74 Å². The normalized spacial score (nSPS) is 12.3. The van der Waals surface area contributed by atoms with Crippen LogP contribution >= 0.6 is 0 Å². The monoisotopic (exact) mass is 312 g/mol. The molecule has 0 bridgehead atoms. The third kappa shape index (κ3) is 1.67. The number of hydrogen-bond donors (Lipinski definition) is 0. The Kier molecular flexibility index (Phi) is 2.55. The Labute approximate surface area is 139 Å². The van der Waals surface area contributed by atoms with Crippen molar-refractivity contribution in [3.05, 3.63) is 59.3 Å². The van der Waals surface area contributed by atoms with Gasteiger partial charge in [0, 0.05) is 11.6 Å². The number of fused-ring (bicyclic) bond motifs is 3. The lowest BCUT2D eigenvalue weighted by molar-refractivity contribution is 0.468. The van der Waals surface area contributed by atoms with Gasteiger partial charge in [0.2, 0.25) is 5.88 Å². The van der Waals surface area contributed by atoms with Gasteiger partial charge in [-0.1, -0.05) is 24.3 Å². The molecule has 0 amide bonds. The van der Waals surface area contributed by atoms with Crippen molar-refractivity contribution < 1.29 is 4.74 Å². The quantitative estimate of drug-likeness (QED) is 0.380. The van der Waals surface area contributed by atoms with E-state index in [1.54, 1.807) is 0 Å². The molecule has 0 aliphatic carbocycles. The zero-order valence-electron chi connectivity index (χ0n) is 13.8. The Balaban J connectivity index is 1.94. The topological polar surface area (TPSA) is 35.0 Å². The molecule has 0 saturated heterocycles. The van der Waals surface area contributed by atoms with Crippen LogP contribution in [-0.4, -0.2) is 9.97 Å². The molecular formula is C21H16N2O. The van der Waals surface area contributed by atoms with Gasteiger partial charge in [-0.3, -0.25) is 4.98 Å². The van der Waals surface area contributed by atoms with E-state index in [9.17, 15) is 0 Å². The lowest BCUT2D eigenvalue weighted by atomic mass is 9.95. The number of hydrogen-bond acceptors (Lipinski definition) is 3. The van der Waals surface area contributed by atoms with Gasteiger partial charge in [-0.15, -0.1) is 0 Å². The predicted molar refractivity (Wildman–Crippen MR) is 96.8 cm³/mol. The molecule has 4 aromatic rings. The standard InChI is InChI=1S/C21H16N2O/c1-11-7-8-16-18-17(11)13(3)10-22-20(18)15-9-14-6-4-5-12(2)19(14)23-21(15)24-16/h4-10H,1-3H3. The first-order chi connectivity index (χ1) is 11.6. The fourth-order valence-corrected chi connectivity index (χ4v) is 3.69. The van der Waals surface area contributed by atoms with Crippen molar-refractivity contribution in [1.29, 1.82) is 0 Å². The number of nitrogens with zero attached hydrogens (tertiary/aromatic N) is 2. The molecule has 0 spiro atoms. The first kappa shape index (κ1) is 13.5. The number of benzene rings is 2. The molecule has 0 radical (unpaired) electrons. The molecule has 0 unspecified atom stereocenters. The number of para-hydroxylation sites is 1. The van der Waals surface area contributed by atoms with E-state index in [2.05, 4.69) is 51.1 Å². The number of pyridine rings is 2. The first-order valence-electron chi connectivity index (χ1n) is 8.11. The molecule has 0 fully saturated rings. The van der Waals surface area contributed by atoms with Crippen LogP contribution in [0.5, 0.6) is 11.6 Å². The summed E-state index contributed by atoms with van der Waals surface area (Å²) >= 11 is 0. The Morgan fingerprint density at radius 1 is 0.875 bits per heavy atom. The molecule has 0 atom stereocenters. The van der Waals surface area contributed by atoms with Gasteiger partial charge in [-0.05, 0) is 55.0 Å². The number of ether oxygens (including phenoxy) is 1.